The number of para-hydroxylation sites is 1. The number of nitrogens with zero attached hydrogens (tertiary/aromatic N) is 3. The zero-order valence-corrected chi connectivity index (χ0v) is 17.7. The molecule has 0 atom stereocenters. The van der Waals surface area contributed by atoms with Crippen LogP contribution in [0.1, 0.15) is 35.8 Å². The highest BCUT2D eigenvalue weighted by atomic mass is 32.1. The highest BCUT2D eigenvalue weighted by molar-refractivity contribution is 7.18. The molecule has 0 unspecified atom stereocenters. The second kappa shape index (κ2) is 8.89. The molecule has 1 aromatic heterocycles. The molecule has 0 radical (unpaired) electrons. The number of carbonyl (C=O) groups excluding carboxylic acids is 1. The summed E-state index contributed by atoms with van der Waals surface area (Å²) >= 11 is 1.79. The third-order valence-electron chi connectivity index (χ3n) is 5.68. The average molecular weight is 425 g/mol. The Kier molecular flexibility index (Phi) is 6.06. The monoisotopic (exact) mass is 424 g/mol. The van der Waals surface area contributed by atoms with Crippen LogP contribution in [0.5, 0.6) is 0 Å². The Hall–Kier alpha value is -2.84. The Balaban J connectivity index is 1.27. The van der Waals surface area contributed by atoms with Gasteiger partial charge in [-0.1, -0.05) is 18.2 Å². The van der Waals surface area contributed by atoms with Gasteiger partial charge in [-0.25, -0.2) is 4.98 Å². The molecule has 2 heterocycles. The molecule has 30 heavy (non-hydrogen) atoms. The minimum Gasteiger partial charge on any atom is -0.326 e. The molecular weight excluding hydrogens is 400 g/mol. The Labute approximate surface area is 178 Å². The Morgan fingerprint density at radius 1 is 1.23 bits per heavy atom. The van der Waals surface area contributed by atoms with Crippen molar-refractivity contribution in [1.29, 1.82) is 0 Å². The second-order valence-electron chi connectivity index (χ2n) is 7.64. The van der Waals surface area contributed by atoms with E-state index in [2.05, 4.69) is 22.3 Å². The SMILES string of the molecule is Cc1c(NC(=O)CCN2CCC(c3nc4ccccc4s3)CC2)cccc1[N+](=O)[O-]. The number of carbonyl (C=O) groups is 1. The van der Waals surface area contributed by atoms with Crippen LogP contribution in [0.25, 0.3) is 10.2 Å². The Morgan fingerprint density at radius 3 is 2.73 bits per heavy atom. The number of amides is 1. The van der Waals surface area contributed by atoms with Crippen molar-refractivity contribution in [2.24, 2.45) is 0 Å². The third-order valence-corrected chi connectivity index (χ3v) is 6.88. The quantitative estimate of drug-likeness (QED) is 0.457. The summed E-state index contributed by atoms with van der Waals surface area (Å²) in [5.41, 5.74) is 2.08. The van der Waals surface area contributed by atoms with Gasteiger partial charge in [0.2, 0.25) is 5.91 Å². The van der Waals surface area contributed by atoms with Crippen molar-refractivity contribution < 1.29 is 9.72 Å². The standard InChI is InChI=1S/C22H24N4O3S/c1-15-17(6-4-7-19(15)26(28)29)23-21(27)11-14-25-12-9-16(10-13-25)22-24-18-5-2-3-8-20(18)30-22/h2-8,16H,9-14H2,1H3,(H,23,27). The Bertz CT molecular complexity index is 1040. The molecule has 1 saturated heterocycles. The molecule has 3 aromatic rings. The van der Waals surface area contributed by atoms with Gasteiger partial charge in [-0.3, -0.25) is 14.9 Å². The van der Waals surface area contributed by atoms with Crippen molar-refractivity contribution in [2.75, 3.05) is 25.0 Å². The smallest absolute Gasteiger partial charge is 0.274 e. The first-order valence-electron chi connectivity index (χ1n) is 10.1. The highest BCUT2D eigenvalue weighted by Crippen LogP contribution is 2.33. The molecule has 156 valence electrons. The van der Waals surface area contributed by atoms with Crippen molar-refractivity contribution in [3.8, 4) is 0 Å². The van der Waals surface area contributed by atoms with E-state index in [-0.39, 0.29) is 11.6 Å². The van der Waals surface area contributed by atoms with Gasteiger partial charge in [-0.05, 0) is 51.1 Å². The topological polar surface area (TPSA) is 88.4 Å². The predicted molar refractivity (Wildman–Crippen MR) is 119 cm³/mol. The molecule has 1 amide bonds. The van der Waals surface area contributed by atoms with Gasteiger partial charge in [-0.2, -0.15) is 0 Å². The number of thiazole rings is 1. The van der Waals surface area contributed by atoms with Gasteiger partial charge in [0.05, 0.1) is 31.4 Å². The van der Waals surface area contributed by atoms with Crippen LogP contribution in [0.4, 0.5) is 11.4 Å². The van der Waals surface area contributed by atoms with E-state index in [9.17, 15) is 14.9 Å². The highest BCUT2D eigenvalue weighted by Gasteiger charge is 2.23. The summed E-state index contributed by atoms with van der Waals surface area (Å²) in [5, 5.41) is 15.1. The maximum Gasteiger partial charge on any atom is 0.274 e. The molecule has 0 saturated carbocycles. The van der Waals surface area contributed by atoms with E-state index in [1.165, 1.54) is 15.8 Å². The second-order valence-corrected chi connectivity index (χ2v) is 8.70. The van der Waals surface area contributed by atoms with Crippen LogP contribution in [0.3, 0.4) is 0 Å². The maximum absolute atomic E-state index is 12.4. The number of piperidine rings is 1. The molecule has 0 bridgehead atoms. The van der Waals surface area contributed by atoms with Gasteiger partial charge >= 0.3 is 0 Å². The zero-order chi connectivity index (χ0) is 21.1. The lowest BCUT2D eigenvalue weighted by molar-refractivity contribution is -0.385. The van der Waals surface area contributed by atoms with Crippen LogP contribution >= 0.6 is 11.3 Å². The fourth-order valence-corrected chi connectivity index (χ4v) is 5.03. The molecule has 7 nitrogen and oxygen atoms in total. The summed E-state index contributed by atoms with van der Waals surface area (Å²) in [5.74, 6) is 0.367. The molecule has 0 spiro atoms. The molecule has 1 aliphatic rings. The summed E-state index contributed by atoms with van der Waals surface area (Å²) in [7, 11) is 0. The molecule has 1 fully saturated rings. The zero-order valence-electron chi connectivity index (χ0n) is 16.8. The largest absolute Gasteiger partial charge is 0.326 e. The van der Waals surface area contributed by atoms with E-state index in [4.69, 9.17) is 4.98 Å². The average Bonchev–Trinajstić information content (AvgIpc) is 3.18. The number of rotatable bonds is 6. The van der Waals surface area contributed by atoms with Crippen molar-refractivity contribution in [1.82, 2.24) is 9.88 Å². The summed E-state index contributed by atoms with van der Waals surface area (Å²) in [6.07, 6.45) is 2.46. The van der Waals surface area contributed by atoms with E-state index in [1.54, 1.807) is 30.4 Å². The fraction of sp³-hybridized carbons (Fsp3) is 0.364. The van der Waals surface area contributed by atoms with E-state index >= 15 is 0 Å². The number of hydrogen-bond acceptors (Lipinski definition) is 6. The van der Waals surface area contributed by atoms with Gasteiger partial charge in [-0.15, -0.1) is 11.3 Å². The number of nitrogens with one attached hydrogen (secondary N) is 1. The van der Waals surface area contributed by atoms with Gasteiger partial charge in [0.15, 0.2) is 0 Å². The fourth-order valence-electron chi connectivity index (χ4n) is 3.90. The lowest BCUT2D eigenvalue weighted by Gasteiger charge is -2.30. The number of aromatic nitrogens is 1. The molecular formula is C22H24N4O3S. The van der Waals surface area contributed by atoms with Crippen LogP contribution in [-0.2, 0) is 4.79 Å². The number of anilines is 1. The van der Waals surface area contributed by atoms with E-state index in [0.717, 1.165) is 31.4 Å². The number of benzene rings is 2. The molecule has 1 N–H and O–H groups in total. The van der Waals surface area contributed by atoms with E-state index < -0.39 is 4.92 Å². The van der Waals surface area contributed by atoms with Crippen LogP contribution in [0.2, 0.25) is 0 Å². The summed E-state index contributed by atoms with van der Waals surface area (Å²) in [6, 6.07) is 13.0. The first-order chi connectivity index (χ1) is 14.5. The normalized spacial score (nSPS) is 15.4. The predicted octanol–water partition coefficient (Wildman–Crippen LogP) is 4.72. The molecule has 2 aromatic carbocycles. The molecule has 1 aliphatic heterocycles. The van der Waals surface area contributed by atoms with Crippen LogP contribution < -0.4 is 5.32 Å². The minimum absolute atomic E-state index is 0.0183. The first-order valence-corrected chi connectivity index (χ1v) is 10.9. The van der Waals surface area contributed by atoms with Gasteiger partial charge < -0.3 is 10.2 Å². The van der Waals surface area contributed by atoms with E-state index in [1.807, 2.05) is 12.1 Å². The first kappa shape index (κ1) is 20.4. The van der Waals surface area contributed by atoms with Crippen LogP contribution in [0, 0.1) is 17.0 Å². The molecule has 4 rings (SSSR count). The number of nitro benzene ring substituents is 1. The van der Waals surface area contributed by atoms with Crippen molar-refractivity contribution in [2.45, 2.75) is 32.1 Å². The van der Waals surface area contributed by atoms with Crippen LogP contribution in [0.15, 0.2) is 42.5 Å². The van der Waals surface area contributed by atoms with E-state index in [0.29, 0.717) is 30.1 Å². The third kappa shape index (κ3) is 4.49. The van der Waals surface area contributed by atoms with Gasteiger partial charge in [0, 0.05) is 24.9 Å². The maximum atomic E-state index is 12.4. The Morgan fingerprint density at radius 2 is 2.00 bits per heavy atom. The number of nitro groups is 1. The van der Waals surface area contributed by atoms with Gasteiger partial charge in [0.1, 0.15) is 0 Å². The summed E-state index contributed by atoms with van der Waals surface area (Å²) in [6.45, 7) is 4.24. The van der Waals surface area contributed by atoms with Crippen molar-refractivity contribution in [3.63, 3.8) is 0 Å². The number of likely N-dealkylation sites (tertiary alicyclic amines) is 1. The molecule has 0 aliphatic carbocycles. The van der Waals surface area contributed by atoms with Crippen molar-refractivity contribution >= 4 is 38.8 Å². The van der Waals surface area contributed by atoms with Crippen molar-refractivity contribution in [3.05, 3.63) is 63.1 Å². The number of fused-ring (bicyclic) bond motifs is 1. The summed E-state index contributed by atoms with van der Waals surface area (Å²) in [4.78, 5) is 30.1. The minimum atomic E-state index is -0.430. The lowest BCUT2D eigenvalue weighted by Crippen LogP contribution is -2.35. The molecule has 8 heteroatoms. The number of hydrogen-bond donors (Lipinski definition) is 1. The lowest BCUT2D eigenvalue weighted by atomic mass is 9.97. The van der Waals surface area contributed by atoms with Crippen LogP contribution in [-0.4, -0.2) is 40.3 Å². The van der Waals surface area contributed by atoms with Gasteiger partial charge in [0.25, 0.3) is 5.69 Å². The summed E-state index contributed by atoms with van der Waals surface area (Å²) < 4.78 is 1.24.